The van der Waals surface area contributed by atoms with Gasteiger partial charge in [-0.05, 0) is 0 Å². The number of nitrogens with zero attached hydrogens (tertiary/aromatic N) is 4. The summed E-state index contributed by atoms with van der Waals surface area (Å²) in [6.45, 7) is 0.700. The molecule has 0 saturated carbocycles. The highest BCUT2D eigenvalue weighted by atomic mass is 16.3. The summed E-state index contributed by atoms with van der Waals surface area (Å²) in [7, 11) is 0. The minimum Gasteiger partial charge on any atom is -0.395 e. The number of aromatic nitrogens is 2. The molecule has 0 bridgehead atoms. The Labute approximate surface area is 87.4 Å². The van der Waals surface area contributed by atoms with Gasteiger partial charge >= 0.3 is 0 Å². The molecular weight excluding hydrogens is 196 g/mol. The highest BCUT2D eigenvalue weighted by Gasteiger charge is 2.06. The molecular formula is C9H12N4O2. The van der Waals surface area contributed by atoms with Gasteiger partial charge in [0, 0.05) is 13.1 Å². The van der Waals surface area contributed by atoms with Crippen LogP contribution >= 0.6 is 0 Å². The minimum absolute atomic E-state index is 0.0261. The summed E-state index contributed by atoms with van der Waals surface area (Å²) in [4.78, 5) is 9.55. The molecule has 1 aromatic rings. The van der Waals surface area contributed by atoms with Gasteiger partial charge < -0.3 is 15.1 Å². The molecule has 0 aliphatic heterocycles. The van der Waals surface area contributed by atoms with Crippen molar-refractivity contribution in [1.82, 2.24) is 9.97 Å². The molecule has 0 fully saturated rings. The SMILES string of the molecule is N#Cc1cnc(N(CCO)CCO)cn1. The molecule has 2 N–H and O–H groups in total. The van der Waals surface area contributed by atoms with Crippen LogP contribution in [-0.4, -0.2) is 46.5 Å². The number of hydrogen-bond donors (Lipinski definition) is 2. The molecule has 6 nitrogen and oxygen atoms in total. The molecule has 0 saturated heterocycles. The fourth-order valence-electron chi connectivity index (χ4n) is 1.12. The van der Waals surface area contributed by atoms with E-state index in [-0.39, 0.29) is 18.9 Å². The van der Waals surface area contributed by atoms with E-state index in [1.54, 1.807) is 4.90 Å². The molecule has 0 aliphatic rings. The second-order valence-electron chi connectivity index (χ2n) is 2.81. The van der Waals surface area contributed by atoms with Gasteiger partial charge in [0.1, 0.15) is 11.9 Å². The number of aliphatic hydroxyl groups excluding tert-OH is 2. The van der Waals surface area contributed by atoms with Gasteiger partial charge in [0.2, 0.25) is 0 Å². The Morgan fingerprint density at radius 2 is 1.87 bits per heavy atom. The number of nitriles is 1. The Bertz CT molecular complexity index is 327. The van der Waals surface area contributed by atoms with Crippen molar-refractivity contribution in [2.45, 2.75) is 0 Å². The van der Waals surface area contributed by atoms with E-state index in [2.05, 4.69) is 9.97 Å². The van der Waals surface area contributed by atoms with Crippen molar-refractivity contribution in [3.8, 4) is 6.07 Å². The zero-order valence-corrected chi connectivity index (χ0v) is 8.17. The van der Waals surface area contributed by atoms with Gasteiger partial charge in [-0.2, -0.15) is 5.26 Å². The normalized spacial score (nSPS) is 9.67. The van der Waals surface area contributed by atoms with Crippen molar-refractivity contribution < 1.29 is 10.2 Å². The van der Waals surface area contributed by atoms with E-state index in [0.717, 1.165) is 0 Å². The fraction of sp³-hybridized carbons (Fsp3) is 0.444. The van der Waals surface area contributed by atoms with Gasteiger partial charge in [-0.3, -0.25) is 0 Å². The predicted octanol–water partition coefficient (Wildman–Crippen LogP) is -0.861. The van der Waals surface area contributed by atoms with Crippen molar-refractivity contribution >= 4 is 5.82 Å². The summed E-state index contributed by atoms with van der Waals surface area (Å²) >= 11 is 0. The number of rotatable bonds is 5. The van der Waals surface area contributed by atoms with Gasteiger partial charge in [-0.15, -0.1) is 0 Å². The first kappa shape index (κ1) is 11.4. The largest absolute Gasteiger partial charge is 0.395 e. The Morgan fingerprint density at radius 3 is 2.27 bits per heavy atom. The van der Waals surface area contributed by atoms with Gasteiger partial charge in [0.15, 0.2) is 5.69 Å². The second-order valence-corrected chi connectivity index (χ2v) is 2.81. The maximum Gasteiger partial charge on any atom is 0.158 e. The first-order valence-electron chi connectivity index (χ1n) is 4.50. The van der Waals surface area contributed by atoms with Gasteiger partial charge in [-0.25, -0.2) is 9.97 Å². The van der Waals surface area contributed by atoms with Crippen molar-refractivity contribution in [3.05, 3.63) is 18.1 Å². The first-order chi connectivity index (χ1) is 7.31. The predicted molar refractivity (Wildman–Crippen MR) is 53.1 cm³/mol. The van der Waals surface area contributed by atoms with Crippen LogP contribution in [0.1, 0.15) is 5.69 Å². The van der Waals surface area contributed by atoms with E-state index in [1.165, 1.54) is 12.4 Å². The standard InChI is InChI=1S/C9H12N4O2/c10-5-8-6-12-9(7-11-8)13(1-3-14)2-4-15/h6-7,14-15H,1-4H2. The molecule has 0 amide bonds. The molecule has 1 rings (SSSR count). The number of aliphatic hydroxyl groups is 2. The molecule has 0 atom stereocenters. The minimum atomic E-state index is -0.0261. The molecule has 0 aliphatic carbocycles. The van der Waals surface area contributed by atoms with E-state index >= 15 is 0 Å². The van der Waals surface area contributed by atoms with Crippen LogP contribution in [0.5, 0.6) is 0 Å². The second kappa shape index (κ2) is 5.90. The van der Waals surface area contributed by atoms with Crippen LogP contribution < -0.4 is 4.90 Å². The summed E-state index contributed by atoms with van der Waals surface area (Å²) in [5.41, 5.74) is 0.242. The molecule has 80 valence electrons. The lowest BCUT2D eigenvalue weighted by molar-refractivity contribution is 0.280. The highest BCUT2D eigenvalue weighted by molar-refractivity contribution is 5.37. The molecule has 0 unspecified atom stereocenters. The lowest BCUT2D eigenvalue weighted by Crippen LogP contribution is -2.30. The topological polar surface area (TPSA) is 93.3 Å². The maximum absolute atomic E-state index is 8.80. The summed E-state index contributed by atoms with van der Waals surface area (Å²) in [5.74, 6) is 0.539. The van der Waals surface area contributed by atoms with Crippen LogP contribution in [0, 0.1) is 11.3 Å². The molecule has 0 radical (unpaired) electrons. The smallest absolute Gasteiger partial charge is 0.158 e. The third kappa shape index (κ3) is 3.16. The Balaban J connectivity index is 2.77. The summed E-state index contributed by atoms with van der Waals surface area (Å²) in [6, 6.07) is 1.87. The molecule has 0 aromatic carbocycles. The lowest BCUT2D eigenvalue weighted by Gasteiger charge is -2.20. The quantitative estimate of drug-likeness (QED) is 0.654. The highest BCUT2D eigenvalue weighted by Crippen LogP contribution is 2.07. The van der Waals surface area contributed by atoms with Gasteiger partial charge in [0.25, 0.3) is 0 Å². The zero-order valence-electron chi connectivity index (χ0n) is 8.17. The number of hydrogen-bond acceptors (Lipinski definition) is 6. The van der Waals surface area contributed by atoms with E-state index in [0.29, 0.717) is 18.9 Å². The lowest BCUT2D eigenvalue weighted by atomic mass is 10.4. The van der Waals surface area contributed by atoms with Crippen molar-refractivity contribution in [1.29, 1.82) is 5.26 Å². The Morgan fingerprint density at radius 1 is 1.20 bits per heavy atom. The monoisotopic (exact) mass is 208 g/mol. The van der Waals surface area contributed by atoms with Crippen LogP contribution in [-0.2, 0) is 0 Å². The summed E-state index contributed by atoms with van der Waals surface area (Å²) in [6.07, 6.45) is 2.81. The summed E-state index contributed by atoms with van der Waals surface area (Å²) < 4.78 is 0. The van der Waals surface area contributed by atoms with E-state index < -0.39 is 0 Å². The molecule has 15 heavy (non-hydrogen) atoms. The van der Waals surface area contributed by atoms with E-state index in [1.807, 2.05) is 6.07 Å². The third-order valence-corrected chi connectivity index (χ3v) is 1.82. The van der Waals surface area contributed by atoms with Crippen molar-refractivity contribution in [2.75, 3.05) is 31.2 Å². The maximum atomic E-state index is 8.80. The van der Waals surface area contributed by atoms with Gasteiger partial charge in [-0.1, -0.05) is 0 Å². The Hall–Kier alpha value is -1.71. The molecule has 1 heterocycles. The third-order valence-electron chi connectivity index (χ3n) is 1.82. The molecule has 0 spiro atoms. The first-order valence-corrected chi connectivity index (χ1v) is 4.50. The summed E-state index contributed by atoms with van der Waals surface area (Å²) in [5, 5.41) is 26.1. The van der Waals surface area contributed by atoms with Crippen molar-refractivity contribution in [2.24, 2.45) is 0 Å². The van der Waals surface area contributed by atoms with Crippen LogP contribution in [0.15, 0.2) is 12.4 Å². The average molecular weight is 208 g/mol. The molecule has 6 heteroatoms. The molecule has 1 aromatic heterocycles. The van der Waals surface area contributed by atoms with E-state index in [4.69, 9.17) is 15.5 Å². The fourth-order valence-corrected chi connectivity index (χ4v) is 1.12. The van der Waals surface area contributed by atoms with E-state index in [9.17, 15) is 0 Å². The van der Waals surface area contributed by atoms with Crippen LogP contribution in [0.25, 0.3) is 0 Å². The number of anilines is 1. The van der Waals surface area contributed by atoms with Crippen LogP contribution in [0.4, 0.5) is 5.82 Å². The average Bonchev–Trinajstić information content (AvgIpc) is 2.29. The van der Waals surface area contributed by atoms with Crippen LogP contribution in [0.3, 0.4) is 0 Å². The van der Waals surface area contributed by atoms with Crippen molar-refractivity contribution in [3.63, 3.8) is 0 Å². The van der Waals surface area contributed by atoms with Crippen LogP contribution in [0.2, 0.25) is 0 Å². The Kier molecular flexibility index (Phi) is 4.47. The van der Waals surface area contributed by atoms with Gasteiger partial charge in [0.05, 0.1) is 25.6 Å². The zero-order chi connectivity index (χ0) is 11.1.